The van der Waals surface area contributed by atoms with Crippen LogP contribution in [-0.2, 0) is 13.0 Å². The zero-order valence-electron chi connectivity index (χ0n) is 14.1. The molecule has 3 rings (SSSR count). The molecule has 0 spiro atoms. The molecule has 0 atom stereocenters. The standard InChI is InChI=1S/C20H19N3O2/c1-2-3-8-19-22-20(23-25-19)15-9-11-18(12-10-15)24-14-17-7-5-4-6-16(17)13-21/h4-7,9-12H,2-3,8,14H2,1H3. The number of rotatable bonds is 7. The van der Waals surface area contributed by atoms with Crippen LogP contribution in [0.5, 0.6) is 5.75 Å². The van der Waals surface area contributed by atoms with E-state index >= 15 is 0 Å². The van der Waals surface area contributed by atoms with Crippen molar-refractivity contribution in [3.8, 4) is 23.2 Å². The highest BCUT2D eigenvalue weighted by atomic mass is 16.5. The lowest BCUT2D eigenvalue weighted by Gasteiger charge is -2.07. The molecule has 0 unspecified atom stereocenters. The Hall–Kier alpha value is -3.13. The van der Waals surface area contributed by atoms with E-state index in [0.29, 0.717) is 23.9 Å². The molecule has 0 saturated heterocycles. The molecule has 0 amide bonds. The van der Waals surface area contributed by atoms with Gasteiger partial charge in [0, 0.05) is 17.5 Å². The Morgan fingerprint density at radius 1 is 1.12 bits per heavy atom. The first-order chi connectivity index (χ1) is 12.3. The van der Waals surface area contributed by atoms with Crippen molar-refractivity contribution in [1.29, 1.82) is 5.26 Å². The van der Waals surface area contributed by atoms with Gasteiger partial charge in [0.15, 0.2) is 0 Å². The van der Waals surface area contributed by atoms with E-state index < -0.39 is 0 Å². The van der Waals surface area contributed by atoms with Crippen molar-refractivity contribution in [2.24, 2.45) is 0 Å². The number of aromatic nitrogens is 2. The number of hydrogen-bond acceptors (Lipinski definition) is 5. The highest BCUT2D eigenvalue weighted by Gasteiger charge is 2.08. The van der Waals surface area contributed by atoms with E-state index in [1.165, 1.54) is 0 Å². The molecule has 0 aliphatic carbocycles. The second-order valence-electron chi connectivity index (χ2n) is 5.70. The largest absolute Gasteiger partial charge is 0.489 e. The lowest BCUT2D eigenvalue weighted by atomic mass is 10.1. The first kappa shape index (κ1) is 16.7. The Kier molecular flexibility index (Phi) is 5.43. The van der Waals surface area contributed by atoms with Crippen LogP contribution in [0.1, 0.15) is 36.8 Å². The average molecular weight is 333 g/mol. The molecule has 0 bridgehead atoms. The van der Waals surface area contributed by atoms with Crippen LogP contribution in [0, 0.1) is 11.3 Å². The van der Waals surface area contributed by atoms with Gasteiger partial charge in [-0.1, -0.05) is 36.7 Å². The molecule has 3 aromatic rings. The summed E-state index contributed by atoms with van der Waals surface area (Å²) in [5, 5.41) is 13.1. The lowest BCUT2D eigenvalue weighted by Crippen LogP contribution is -1.98. The fourth-order valence-electron chi connectivity index (χ4n) is 2.42. The zero-order chi connectivity index (χ0) is 17.5. The fourth-order valence-corrected chi connectivity index (χ4v) is 2.42. The van der Waals surface area contributed by atoms with Gasteiger partial charge in [0.05, 0.1) is 11.6 Å². The molecule has 5 nitrogen and oxygen atoms in total. The van der Waals surface area contributed by atoms with Gasteiger partial charge in [-0.05, 0) is 36.8 Å². The van der Waals surface area contributed by atoms with Crippen LogP contribution in [-0.4, -0.2) is 10.1 Å². The van der Waals surface area contributed by atoms with E-state index in [1.54, 1.807) is 6.07 Å². The molecular weight excluding hydrogens is 314 g/mol. The summed E-state index contributed by atoms with van der Waals surface area (Å²) < 4.78 is 11.0. The Morgan fingerprint density at radius 2 is 1.92 bits per heavy atom. The Balaban J connectivity index is 1.64. The number of benzene rings is 2. The van der Waals surface area contributed by atoms with Gasteiger partial charge in [0.25, 0.3) is 0 Å². The third kappa shape index (κ3) is 4.24. The van der Waals surface area contributed by atoms with Crippen molar-refractivity contribution < 1.29 is 9.26 Å². The summed E-state index contributed by atoms with van der Waals surface area (Å²) in [6, 6.07) is 17.1. The van der Waals surface area contributed by atoms with Crippen LogP contribution in [0.3, 0.4) is 0 Å². The minimum Gasteiger partial charge on any atom is -0.489 e. The first-order valence-corrected chi connectivity index (χ1v) is 8.34. The van der Waals surface area contributed by atoms with E-state index in [9.17, 15) is 0 Å². The van der Waals surface area contributed by atoms with Crippen molar-refractivity contribution in [3.63, 3.8) is 0 Å². The number of ether oxygens (including phenoxy) is 1. The SMILES string of the molecule is CCCCc1nc(-c2ccc(OCc3ccccc3C#N)cc2)no1. The van der Waals surface area contributed by atoms with E-state index in [4.69, 9.17) is 14.5 Å². The Labute approximate surface area is 146 Å². The number of unbranched alkanes of at least 4 members (excludes halogenated alkanes) is 1. The van der Waals surface area contributed by atoms with Crippen molar-refractivity contribution in [1.82, 2.24) is 10.1 Å². The maximum absolute atomic E-state index is 9.11. The molecule has 0 fully saturated rings. The normalized spacial score (nSPS) is 10.4. The molecule has 0 aliphatic heterocycles. The molecule has 0 saturated carbocycles. The Bertz CT molecular complexity index is 863. The quantitative estimate of drug-likeness (QED) is 0.635. The van der Waals surface area contributed by atoms with E-state index in [1.807, 2.05) is 42.5 Å². The average Bonchev–Trinajstić information content (AvgIpc) is 3.14. The second-order valence-corrected chi connectivity index (χ2v) is 5.70. The lowest BCUT2D eigenvalue weighted by molar-refractivity contribution is 0.306. The monoisotopic (exact) mass is 333 g/mol. The van der Waals surface area contributed by atoms with Gasteiger partial charge < -0.3 is 9.26 Å². The minimum atomic E-state index is 0.354. The predicted molar refractivity (Wildman–Crippen MR) is 93.8 cm³/mol. The summed E-state index contributed by atoms with van der Waals surface area (Å²) in [4.78, 5) is 4.41. The summed E-state index contributed by atoms with van der Waals surface area (Å²) in [7, 11) is 0. The fraction of sp³-hybridized carbons (Fsp3) is 0.250. The molecule has 5 heteroatoms. The third-order valence-electron chi connectivity index (χ3n) is 3.86. The molecule has 0 N–H and O–H groups in total. The van der Waals surface area contributed by atoms with Gasteiger partial charge in [-0.2, -0.15) is 10.2 Å². The minimum absolute atomic E-state index is 0.354. The van der Waals surface area contributed by atoms with Crippen LogP contribution in [0.25, 0.3) is 11.4 Å². The number of aryl methyl sites for hydroxylation is 1. The Morgan fingerprint density at radius 3 is 2.68 bits per heavy atom. The van der Waals surface area contributed by atoms with Gasteiger partial charge in [-0.25, -0.2) is 0 Å². The van der Waals surface area contributed by atoms with Crippen molar-refractivity contribution in [2.75, 3.05) is 0 Å². The maximum atomic E-state index is 9.11. The summed E-state index contributed by atoms with van der Waals surface area (Å²) in [5.74, 6) is 1.99. The third-order valence-corrected chi connectivity index (χ3v) is 3.86. The first-order valence-electron chi connectivity index (χ1n) is 8.34. The highest BCUT2D eigenvalue weighted by Crippen LogP contribution is 2.21. The molecule has 25 heavy (non-hydrogen) atoms. The van der Waals surface area contributed by atoms with Gasteiger partial charge in [0.1, 0.15) is 12.4 Å². The number of nitriles is 1. The smallest absolute Gasteiger partial charge is 0.226 e. The molecule has 126 valence electrons. The van der Waals surface area contributed by atoms with Gasteiger partial charge in [0.2, 0.25) is 11.7 Å². The van der Waals surface area contributed by atoms with Crippen LogP contribution >= 0.6 is 0 Å². The van der Waals surface area contributed by atoms with Crippen molar-refractivity contribution in [3.05, 3.63) is 65.5 Å². The molecule has 1 heterocycles. The molecule has 0 radical (unpaired) electrons. The van der Waals surface area contributed by atoms with Gasteiger partial charge >= 0.3 is 0 Å². The van der Waals surface area contributed by atoms with Crippen LogP contribution in [0.4, 0.5) is 0 Å². The number of hydrogen-bond donors (Lipinski definition) is 0. The van der Waals surface area contributed by atoms with Gasteiger partial charge in [-0.15, -0.1) is 0 Å². The maximum Gasteiger partial charge on any atom is 0.226 e. The molecule has 0 aliphatic rings. The summed E-state index contributed by atoms with van der Waals surface area (Å²) in [5.41, 5.74) is 2.38. The number of nitrogens with zero attached hydrogens (tertiary/aromatic N) is 3. The second kappa shape index (κ2) is 8.11. The van der Waals surface area contributed by atoms with E-state index in [-0.39, 0.29) is 0 Å². The topological polar surface area (TPSA) is 71.9 Å². The summed E-state index contributed by atoms with van der Waals surface area (Å²) in [6.07, 6.45) is 2.94. The van der Waals surface area contributed by atoms with Crippen molar-refractivity contribution in [2.45, 2.75) is 32.8 Å². The van der Waals surface area contributed by atoms with Crippen LogP contribution in [0.2, 0.25) is 0 Å². The summed E-state index contributed by atoms with van der Waals surface area (Å²) >= 11 is 0. The molecule has 2 aromatic carbocycles. The van der Waals surface area contributed by atoms with E-state index in [2.05, 4.69) is 23.1 Å². The summed E-state index contributed by atoms with van der Waals surface area (Å²) in [6.45, 7) is 2.48. The van der Waals surface area contributed by atoms with Crippen LogP contribution < -0.4 is 4.74 Å². The highest BCUT2D eigenvalue weighted by molar-refractivity contribution is 5.55. The van der Waals surface area contributed by atoms with Gasteiger partial charge in [-0.3, -0.25) is 0 Å². The van der Waals surface area contributed by atoms with Crippen molar-refractivity contribution >= 4 is 0 Å². The zero-order valence-corrected chi connectivity index (χ0v) is 14.1. The van der Waals surface area contributed by atoms with E-state index in [0.717, 1.165) is 36.1 Å². The van der Waals surface area contributed by atoms with Crippen LogP contribution in [0.15, 0.2) is 53.1 Å². The molecular formula is C20H19N3O2. The predicted octanol–water partition coefficient (Wildman–Crippen LogP) is 4.53. The molecule has 1 aromatic heterocycles.